The van der Waals surface area contributed by atoms with Gasteiger partial charge in [0.25, 0.3) is 0 Å². The van der Waals surface area contributed by atoms with Gasteiger partial charge < -0.3 is 4.74 Å². The Hall–Kier alpha value is -1.64. The van der Waals surface area contributed by atoms with E-state index in [9.17, 15) is 0 Å². The Morgan fingerprint density at radius 2 is 2.20 bits per heavy atom. The molecule has 0 aliphatic carbocycles. The fourth-order valence-corrected chi connectivity index (χ4v) is 2.02. The summed E-state index contributed by atoms with van der Waals surface area (Å²) in [6, 6.07) is 3.75. The summed E-state index contributed by atoms with van der Waals surface area (Å²) in [4.78, 5) is 16.5. The minimum absolute atomic E-state index is 0.228. The number of aromatic nitrogens is 4. The van der Waals surface area contributed by atoms with Crippen molar-refractivity contribution in [3.63, 3.8) is 0 Å². The minimum atomic E-state index is 0.228. The Morgan fingerprint density at radius 1 is 1.35 bits per heavy atom. The molecular weight excluding hydrogens is 300 g/mol. The molecule has 0 aliphatic heterocycles. The van der Waals surface area contributed by atoms with Gasteiger partial charge in [0.15, 0.2) is 0 Å². The predicted octanol–water partition coefficient (Wildman–Crippen LogP) is 2.15. The molecule has 0 atom stereocenters. The van der Waals surface area contributed by atoms with Gasteiger partial charge in [-0.3, -0.25) is 5.43 Å². The first kappa shape index (κ1) is 14.8. The van der Waals surface area contributed by atoms with E-state index in [1.807, 2.05) is 6.92 Å². The molecule has 0 radical (unpaired) electrons. The van der Waals surface area contributed by atoms with Crippen LogP contribution >= 0.6 is 23.4 Å². The number of anilines is 1. The van der Waals surface area contributed by atoms with Crippen LogP contribution in [0.2, 0.25) is 5.02 Å². The second-order valence-corrected chi connectivity index (χ2v) is 5.06. The number of nitrogens with one attached hydrogen (secondary N) is 1. The van der Waals surface area contributed by atoms with Crippen LogP contribution in [0.4, 0.5) is 5.95 Å². The largest absolute Gasteiger partial charge is 0.463 e. The van der Waals surface area contributed by atoms with Crippen molar-refractivity contribution in [3.05, 3.63) is 23.4 Å². The molecule has 2 rings (SSSR count). The highest BCUT2D eigenvalue weighted by molar-refractivity contribution is 7.99. The third kappa shape index (κ3) is 4.19. The highest BCUT2D eigenvalue weighted by Gasteiger charge is 2.09. The van der Waals surface area contributed by atoms with E-state index in [0.29, 0.717) is 21.8 Å². The molecule has 0 saturated carbocycles. The van der Waals surface area contributed by atoms with E-state index in [-0.39, 0.29) is 12.0 Å². The van der Waals surface area contributed by atoms with Crippen LogP contribution in [-0.2, 0) is 0 Å². The van der Waals surface area contributed by atoms with Gasteiger partial charge in [0.1, 0.15) is 5.03 Å². The molecule has 0 fully saturated rings. The Kier molecular flexibility index (Phi) is 5.33. The Balaban J connectivity index is 2.19. The molecule has 20 heavy (non-hydrogen) atoms. The standard InChI is InChI=1S/C11H13ClN6OS/c1-2-5-19-10-15-9(18-13)16-11(17-10)20-8-4-3-7(12)6-14-8/h3-4,6H,2,5,13H2,1H3,(H,15,16,17,18). The van der Waals surface area contributed by atoms with E-state index in [1.165, 1.54) is 11.8 Å². The number of rotatable bonds is 6. The number of hydrogen-bond acceptors (Lipinski definition) is 8. The van der Waals surface area contributed by atoms with Crippen LogP contribution < -0.4 is 16.0 Å². The normalized spacial score (nSPS) is 10.3. The lowest BCUT2D eigenvalue weighted by Gasteiger charge is -2.06. The van der Waals surface area contributed by atoms with Crippen molar-refractivity contribution >= 4 is 29.3 Å². The van der Waals surface area contributed by atoms with Crippen LogP contribution in [0.5, 0.6) is 6.01 Å². The summed E-state index contributed by atoms with van der Waals surface area (Å²) >= 11 is 7.05. The number of nitrogens with zero attached hydrogens (tertiary/aromatic N) is 4. The monoisotopic (exact) mass is 312 g/mol. The second-order valence-electron chi connectivity index (χ2n) is 3.63. The molecule has 7 nitrogen and oxygen atoms in total. The lowest BCUT2D eigenvalue weighted by atomic mass is 10.5. The summed E-state index contributed by atoms with van der Waals surface area (Å²) in [6.45, 7) is 2.52. The molecule has 3 N–H and O–H groups in total. The lowest BCUT2D eigenvalue weighted by Crippen LogP contribution is -2.13. The zero-order valence-electron chi connectivity index (χ0n) is 10.7. The van der Waals surface area contributed by atoms with Crippen LogP contribution in [0.1, 0.15) is 13.3 Å². The van der Waals surface area contributed by atoms with Gasteiger partial charge in [-0.2, -0.15) is 15.0 Å². The number of halogens is 1. The summed E-state index contributed by atoms with van der Waals surface area (Å²) in [5, 5.41) is 1.72. The fourth-order valence-electron chi connectivity index (χ4n) is 1.22. The van der Waals surface area contributed by atoms with Gasteiger partial charge in [-0.1, -0.05) is 18.5 Å². The van der Waals surface area contributed by atoms with E-state index in [2.05, 4.69) is 25.4 Å². The Morgan fingerprint density at radius 3 is 2.85 bits per heavy atom. The third-order valence-electron chi connectivity index (χ3n) is 2.05. The van der Waals surface area contributed by atoms with E-state index < -0.39 is 0 Å². The number of hydrogen-bond donors (Lipinski definition) is 2. The summed E-state index contributed by atoms with van der Waals surface area (Å²) in [5.41, 5.74) is 2.38. The van der Waals surface area contributed by atoms with Crippen molar-refractivity contribution in [2.75, 3.05) is 12.0 Å². The first-order valence-corrected chi connectivity index (χ1v) is 7.05. The molecule has 0 saturated heterocycles. The minimum Gasteiger partial charge on any atom is -0.463 e. The first-order chi connectivity index (χ1) is 9.71. The van der Waals surface area contributed by atoms with Crippen LogP contribution in [0, 0.1) is 0 Å². The lowest BCUT2D eigenvalue weighted by molar-refractivity contribution is 0.288. The molecular formula is C11H13ClN6OS. The van der Waals surface area contributed by atoms with Crippen molar-refractivity contribution in [2.24, 2.45) is 5.84 Å². The molecule has 0 amide bonds. The van der Waals surface area contributed by atoms with Crippen LogP contribution in [0.25, 0.3) is 0 Å². The zero-order chi connectivity index (χ0) is 14.4. The molecule has 0 bridgehead atoms. The fraction of sp³-hybridized carbons (Fsp3) is 0.273. The summed E-state index contributed by atoms with van der Waals surface area (Å²) in [7, 11) is 0. The molecule has 2 aromatic rings. The van der Waals surface area contributed by atoms with Gasteiger partial charge in [0.05, 0.1) is 11.6 Å². The maximum Gasteiger partial charge on any atom is 0.322 e. The van der Waals surface area contributed by atoms with E-state index in [1.54, 1.807) is 18.3 Å². The maximum absolute atomic E-state index is 5.79. The van der Waals surface area contributed by atoms with Crippen molar-refractivity contribution < 1.29 is 4.74 Å². The highest BCUT2D eigenvalue weighted by Crippen LogP contribution is 2.25. The smallest absolute Gasteiger partial charge is 0.322 e. The number of pyridine rings is 1. The van der Waals surface area contributed by atoms with Gasteiger partial charge >= 0.3 is 6.01 Å². The van der Waals surface area contributed by atoms with E-state index >= 15 is 0 Å². The summed E-state index contributed by atoms with van der Waals surface area (Å²) < 4.78 is 5.38. The maximum atomic E-state index is 5.79. The van der Waals surface area contributed by atoms with Gasteiger partial charge in [0, 0.05) is 6.20 Å². The summed E-state index contributed by atoms with van der Waals surface area (Å²) in [6.07, 6.45) is 2.42. The number of nitrogens with two attached hydrogens (primary N) is 1. The molecule has 2 heterocycles. The average molecular weight is 313 g/mol. The first-order valence-electron chi connectivity index (χ1n) is 5.86. The van der Waals surface area contributed by atoms with Gasteiger partial charge in [-0.25, -0.2) is 10.8 Å². The molecule has 106 valence electrons. The van der Waals surface area contributed by atoms with Crippen LogP contribution in [-0.4, -0.2) is 26.5 Å². The van der Waals surface area contributed by atoms with Crippen LogP contribution in [0.3, 0.4) is 0 Å². The molecule has 0 unspecified atom stereocenters. The zero-order valence-corrected chi connectivity index (χ0v) is 12.3. The van der Waals surface area contributed by atoms with Crippen molar-refractivity contribution in [1.82, 2.24) is 19.9 Å². The van der Waals surface area contributed by atoms with E-state index in [4.69, 9.17) is 22.2 Å². The molecule has 2 aromatic heterocycles. The molecule has 0 aliphatic rings. The highest BCUT2D eigenvalue weighted by atomic mass is 35.5. The Bertz CT molecular complexity index is 567. The quantitative estimate of drug-likeness (QED) is 0.618. The average Bonchev–Trinajstić information content (AvgIpc) is 2.47. The number of ether oxygens (including phenoxy) is 1. The molecule has 9 heteroatoms. The number of nitrogen functional groups attached to an aromatic ring is 1. The predicted molar refractivity (Wildman–Crippen MR) is 76.8 cm³/mol. The summed E-state index contributed by atoms with van der Waals surface area (Å²) in [5.74, 6) is 5.57. The Labute approximate surface area is 125 Å². The van der Waals surface area contributed by atoms with Gasteiger partial charge in [-0.05, 0) is 30.3 Å². The second kappa shape index (κ2) is 7.22. The third-order valence-corrected chi connectivity index (χ3v) is 3.09. The number of hydrazine groups is 1. The van der Waals surface area contributed by atoms with E-state index in [0.717, 1.165) is 6.42 Å². The SMILES string of the molecule is CCCOc1nc(NN)nc(Sc2ccc(Cl)cn2)n1. The molecule has 0 aromatic carbocycles. The van der Waals surface area contributed by atoms with Crippen molar-refractivity contribution in [1.29, 1.82) is 0 Å². The van der Waals surface area contributed by atoms with Crippen molar-refractivity contribution in [3.8, 4) is 6.01 Å². The molecule has 0 spiro atoms. The van der Waals surface area contributed by atoms with Crippen molar-refractivity contribution in [2.45, 2.75) is 23.5 Å². The van der Waals surface area contributed by atoms with Crippen LogP contribution in [0.15, 0.2) is 28.5 Å². The van der Waals surface area contributed by atoms with Gasteiger partial charge in [0.2, 0.25) is 11.1 Å². The topological polar surface area (TPSA) is 98.8 Å². The van der Waals surface area contributed by atoms with Gasteiger partial charge in [-0.15, -0.1) is 0 Å².